The van der Waals surface area contributed by atoms with Gasteiger partial charge >= 0.3 is 0 Å². The van der Waals surface area contributed by atoms with E-state index in [4.69, 9.17) is 11.6 Å². The summed E-state index contributed by atoms with van der Waals surface area (Å²) >= 11 is 5.83. The molecule has 0 saturated heterocycles. The van der Waals surface area contributed by atoms with Crippen molar-refractivity contribution in [1.29, 1.82) is 0 Å². The summed E-state index contributed by atoms with van der Waals surface area (Å²) in [7, 11) is 0. The summed E-state index contributed by atoms with van der Waals surface area (Å²) in [4.78, 5) is 11.8. The molecule has 0 amide bonds. The van der Waals surface area contributed by atoms with Crippen LogP contribution in [0.2, 0.25) is 5.02 Å². The van der Waals surface area contributed by atoms with Gasteiger partial charge in [-0.3, -0.25) is 4.79 Å². The van der Waals surface area contributed by atoms with Gasteiger partial charge in [0, 0.05) is 5.02 Å². The summed E-state index contributed by atoms with van der Waals surface area (Å²) in [5.74, 6) is -0.663. The van der Waals surface area contributed by atoms with Gasteiger partial charge in [-0.15, -0.1) is 0 Å². The summed E-state index contributed by atoms with van der Waals surface area (Å²) in [6, 6.07) is 13.1. The van der Waals surface area contributed by atoms with E-state index in [1.807, 2.05) is 12.1 Å². The molecule has 0 bridgehead atoms. The fraction of sp³-hybridized carbons (Fsp3) is 0.133. The number of Topliss-reactive ketones (excluding diaryl/α,β-unsaturated/α-hetero) is 1. The third kappa shape index (κ3) is 2.77. The number of carbonyl (C=O) groups is 1. The van der Waals surface area contributed by atoms with Crippen molar-refractivity contribution in [2.75, 3.05) is 0 Å². The van der Waals surface area contributed by atoms with Gasteiger partial charge in [-0.05, 0) is 42.3 Å². The molecule has 1 atom stereocenters. The molecular weight excluding hydrogens is 251 g/mol. The van der Waals surface area contributed by atoms with E-state index >= 15 is 0 Å². The molecule has 0 heterocycles. The van der Waals surface area contributed by atoms with Crippen molar-refractivity contribution in [3.05, 3.63) is 70.5 Å². The van der Waals surface area contributed by atoms with Crippen LogP contribution in [0.4, 0.5) is 4.39 Å². The van der Waals surface area contributed by atoms with Gasteiger partial charge in [0.1, 0.15) is 11.6 Å². The molecule has 0 spiro atoms. The SMILES string of the molecule is CC(=O)C(c1ccc(F)cc1)c1ccc(Cl)cc1. The Labute approximate surface area is 110 Å². The first-order chi connectivity index (χ1) is 8.58. The quantitative estimate of drug-likeness (QED) is 0.810. The molecular formula is C15H12ClFO. The normalized spacial score (nSPS) is 12.2. The number of carbonyl (C=O) groups excluding carboxylic acids is 1. The highest BCUT2D eigenvalue weighted by molar-refractivity contribution is 6.30. The standard InChI is InChI=1S/C15H12ClFO/c1-10(18)15(11-2-6-13(16)7-3-11)12-4-8-14(17)9-5-12/h2-9,15H,1H3. The van der Waals surface area contributed by atoms with Gasteiger partial charge in [0.25, 0.3) is 0 Å². The van der Waals surface area contributed by atoms with E-state index in [0.29, 0.717) is 5.02 Å². The Morgan fingerprint density at radius 1 is 1.00 bits per heavy atom. The lowest BCUT2D eigenvalue weighted by Crippen LogP contribution is -2.10. The van der Waals surface area contributed by atoms with Crippen LogP contribution in [0.1, 0.15) is 24.0 Å². The molecule has 3 heteroatoms. The topological polar surface area (TPSA) is 17.1 Å². The van der Waals surface area contributed by atoms with Gasteiger partial charge in [-0.1, -0.05) is 35.9 Å². The largest absolute Gasteiger partial charge is 0.299 e. The highest BCUT2D eigenvalue weighted by atomic mass is 35.5. The summed E-state index contributed by atoms with van der Waals surface area (Å²) in [5, 5.41) is 0.625. The zero-order chi connectivity index (χ0) is 13.1. The molecule has 2 aromatic carbocycles. The number of benzene rings is 2. The van der Waals surface area contributed by atoms with Crippen LogP contribution in [0.5, 0.6) is 0 Å². The zero-order valence-electron chi connectivity index (χ0n) is 9.86. The Morgan fingerprint density at radius 2 is 1.44 bits per heavy atom. The monoisotopic (exact) mass is 262 g/mol. The second-order valence-electron chi connectivity index (χ2n) is 4.15. The number of ketones is 1. The van der Waals surface area contributed by atoms with Gasteiger partial charge in [-0.25, -0.2) is 4.39 Å². The molecule has 2 rings (SSSR count). The third-order valence-electron chi connectivity index (χ3n) is 2.81. The number of rotatable bonds is 3. The highest BCUT2D eigenvalue weighted by Crippen LogP contribution is 2.26. The van der Waals surface area contributed by atoms with Crippen molar-refractivity contribution in [2.45, 2.75) is 12.8 Å². The maximum Gasteiger partial charge on any atom is 0.141 e. The van der Waals surface area contributed by atoms with Crippen molar-refractivity contribution in [1.82, 2.24) is 0 Å². The van der Waals surface area contributed by atoms with Crippen LogP contribution in [0.15, 0.2) is 48.5 Å². The van der Waals surface area contributed by atoms with Crippen LogP contribution in [0.25, 0.3) is 0 Å². The van der Waals surface area contributed by atoms with Gasteiger partial charge in [0.2, 0.25) is 0 Å². The van der Waals surface area contributed by atoms with E-state index in [1.165, 1.54) is 19.1 Å². The van der Waals surface area contributed by atoms with Crippen molar-refractivity contribution < 1.29 is 9.18 Å². The molecule has 0 aliphatic rings. The van der Waals surface area contributed by atoms with Crippen LogP contribution in [-0.2, 0) is 4.79 Å². The summed E-state index contributed by atoms with van der Waals surface area (Å²) < 4.78 is 12.9. The summed E-state index contributed by atoms with van der Waals surface area (Å²) in [6.45, 7) is 1.53. The summed E-state index contributed by atoms with van der Waals surface area (Å²) in [6.07, 6.45) is 0. The van der Waals surface area contributed by atoms with Crippen molar-refractivity contribution >= 4 is 17.4 Å². The van der Waals surface area contributed by atoms with E-state index in [0.717, 1.165) is 11.1 Å². The average Bonchev–Trinajstić information content (AvgIpc) is 2.34. The second kappa shape index (κ2) is 5.32. The van der Waals surface area contributed by atoms with Gasteiger partial charge < -0.3 is 0 Å². The lowest BCUT2D eigenvalue weighted by molar-refractivity contribution is -0.117. The number of halogens is 2. The Bertz CT molecular complexity index is 500. The Morgan fingerprint density at radius 3 is 1.89 bits per heavy atom. The zero-order valence-corrected chi connectivity index (χ0v) is 10.6. The molecule has 18 heavy (non-hydrogen) atoms. The van der Waals surface area contributed by atoms with Crippen molar-refractivity contribution in [3.8, 4) is 0 Å². The molecule has 0 saturated carbocycles. The van der Waals surface area contributed by atoms with Crippen LogP contribution < -0.4 is 0 Å². The Balaban J connectivity index is 2.43. The maximum absolute atomic E-state index is 12.9. The first-order valence-corrected chi connectivity index (χ1v) is 5.97. The third-order valence-corrected chi connectivity index (χ3v) is 3.07. The Kier molecular flexibility index (Phi) is 3.78. The minimum Gasteiger partial charge on any atom is -0.299 e. The fourth-order valence-corrected chi connectivity index (χ4v) is 2.10. The van der Waals surface area contributed by atoms with Gasteiger partial charge in [0.05, 0.1) is 5.92 Å². The molecule has 0 aromatic heterocycles. The lowest BCUT2D eigenvalue weighted by atomic mass is 9.88. The molecule has 92 valence electrons. The van der Waals surface area contributed by atoms with E-state index in [2.05, 4.69) is 0 Å². The first kappa shape index (κ1) is 12.8. The van der Waals surface area contributed by atoms with E-state index in [-0.39, 0.29) is 17.5 Å². The molecule has 2 aromatic rings. The van der Waals surface area contributed by atoms with E-state index in [1.54, 1.807) is 24.3 Å². The van der Waals surface area contributed by atoms with Crippen molar-refractivity contribution in [2.24, 2.45) is 0 Å². The van der Waals surface area contributed by atoms with E-state index < -0.39 is 0 Å². The predicted octanol–water partition coefficient (Wildman–Crippen LogP) is 4.20. The molecule has 1 nitrogen and oxygen atoms in total. The minimum absolute atomic E-state index is 0.0175. The first-order valence-electron chi connectivity index (χ1n) is 5.59. The Hall–Kier alpha value is -1.67. The van der Waals surface area contributed by atoms with Crippen LogP contribution in [-0.4, -0.2) is 5.78 Å². The van der Waals surface area contributed by atoms with Crippen LogP contribution >= 0.6 is 11.6 Å². The second-order valence-corrected chi connectivity index (χ2v) is 4.58. The fourth-order valence-electron chi connectivity index (χ4n) is 1.97. The number of hydrogen-bond acceptors (Lipinski definition) is 1. The van der Waals surface area contributed by atoms with Crippen LogP contribution in [0, 0.1) is 5.82 Å². The van der Waals surface area contributed by atoms with Gasteiger partial charge in [-0.2, -0.15) is 0 Å². The molecule has 0 fully saturated rings. The van der Waals surface area contributed by atoms with Crippen molar-refractivity contribution in [3.63, 3.8) is 0 Å². The molecule has 1 unspecified atom stereocenters. The predicted molar refractivity (Wildman–Crippen MR) is 70.4 cm³/mol. The molecule has 0 aliphatic carbocycles. The summed E-state index contributed by atoms with van der Waals surface area (Å²) in [5.41, 5.74) is 1.64. The molecule has 0 N–H and O–H groups in total. The average molecular weight is 263 g/mol. The minimum atomic E-state index is -0.372. The molecule has 0 radical (unpaired) electrons. The van der Waals surface area contributed by atoms with E-state index in [9.17, 15) is 9.18 Å². The van der Waals surface area contributed by atoms with Crippen LogP contribution in [0.3, 0.4) is 0 Å². The lowest BCUT2D eigenvalue weighted by Gasteiger charge is -2.14. The smallest absolute Gasteiger partial charge is 0.141 e. The highest BCUT2D eigenvalue weighted by Gasteiger charge is 2.18. The number of hydrogen-bond donors (Lipinski definition) is 0. The maximum atomic E-state index is 12.9. The van der Waals surface area contributed by atoms with Gasteiger partial charge in [0.15, 0.2) is 0 Å². The molecule has 0 aliphatic heterocycles.